The van der Waals surface area contributed by atoms with E-state index >= 15 is 0 Å². The Morgan fingerprint density at radius 2 is 1.04 bits per heavy atom. The number of rotatable bonds is 6. The van der Waals surface area contributed by atoms with Gasteiger partial charge in [0.1, 0.15) is 0 Å². The minimum absolute atomic E-state index is 0.962. The summed E-state index contributed by atoms with van der Waals surface area (Å²) < 4.78 is 0. The van der Waals surface area contributed by atoms with Crippen molar-refractivity contribution in [3.05, 3.63) is 107 Å². The van der Waals surface area contributed by atoms with E-state index in [9.17, 15) is 0 Å². The maximum absolute atomic E-state index is 2.51. The number of benzene rings is 3. The molecule has 0 atom stereocenters. The van der Waals surface area contributed by atoms with Crippen LogP contribution in [-0.2, 0) is 19.6 Å². The maximum atomic E-state index is 2.51. The van der Waals surface area contributed by atoms with Crippen molar-refractivity contribution in [3.63, 3.8) is 0 Å². The summed E-state index contributed by atoms with van der Waals surface area (Å²) in [5.41, 5.74) is 5.48. The molecule has 3 aromatic carbocycles. The lowest BCUT2D eigenvalue weighted by Crippen LogP contribution is -2.22. The smallest absolute Gasteiger partial charge is 0.0243 e. The lowest BCUT2D eigenvalue weighted by Gasteiger charge is -2.23. The summed E-state index contributed by atoms with van der Waals surface area (Å²) in [4.78, 5) is 2.51. The fourth-order valence-corrected chi connectivity index (χ4v) is 2.88. The summed E-state index contributed by atoms with van der Waals surface area (Å²) in [5.74, 6) is 0. The lowest BCUT2D eigenvalue weighted by molar-refractivity contribution is 0.247. The summed E-state index contributed by atoms with van der Waals surface area (Å²) in [6.45, 7) is 5.09. The highest BCUT2D eigenvalue weighted by Gasteiger charge is 2.09. The van der Waals surface area contributed by atoms with Crippen LogP contribution in [0.4, 0.5) is 0 Å². The second-order valence-electron chi connectivity index (χ2n) is 6.04. The van der Waals surface area contributed by atoms with Gasteiger partial charge in [0.2, 0.25) is 0 Å². The van der Waals surface area contributed by atoms with Crippen LogP contribution in [0, 0.1) is 6.92 Å². The van der Waals surface area contributed by atoms with Crippen LogP contribution < -0.4 is 0 Å². The Bertz CT molecular complexity index is 678. The van der Waals surface area contributed by atoms with Crippen LogP contribution in [0.5, 0.6) is 0 Å². The lowest BCUT2D eigenvalue weighted by atomic mass is 10.1. The molecule has 0 heterocycles. The van der Waals surface area contributed by atoms with Crippen LogP contribution in [0.25, 0.3) is 0 Å². The fourth-order valence-electron chi connectivity index (χ4n) is 2.88. The van der Waals surface area contributed by atoms with E-state index in [0.29, 0.717) is 0 Å². The highest BCUT2D eigenvalue weighted by Crippen LogP contribution is 2.16. The Morgan fingerprint density at radius 1 is 0.565 bits per heavy atom. The van der Waals surface area contributed by atoms with Crippen molar-refractivity contribution < 1.29 is 0 Å². The molecule has 0 aliphatic rings. The average Bonchev–Trinajstić information content (AvgIpc) is 2.59. The van der Waals surface area contributed by atoms with Crippen molar-refractivity contribution in [3.8, 4) is 0 Å². The van der Waals surface area contributed by atoms with Gasteiger partial charge in [-0.1, -0.05) is 84.9 Å². The molecule has 3 rings (SSSR count). The Balaban J connectivity index is 1.79. The highest BCUT2D eigenvalue weighted by molar-refractivity contribution is 5.26. The second-order valence-corrected chi connectivity index (χ2v) is 6.04. The largest absolute Gasteiger partial charge is 0.291 e. The zero-order chi connectivity index (χ0) is 15.9. The van der Waals surface area contributed by atoms with E-state index in [1.807, 2.05) is 0 Å². The molecule has 1 heteroatoms. The van der Waals surface area contributed by atoms with E-state index in [4.69, 9.17) is 0 Å². The zero-order valence-electron chi connectivity index (χ0n) is 13.7. The first-order valence-electron chi connectivity index (χ1n) is 8.16. The molecule has 0 saturated heterocycles. The van der Waals surface area contributed by atoms with Gasteiger partial charge in [-0.25, -0.2) is 0 Å². The van der Waals surface area contributed by atoms with Gasteiger partial charge < -0.3 is 0 Å². The van der Waals surface area contributed by atoms with Crippen LogP contribution >= 0.6 is 0 Å². The third kappa shape index (κ3) is 4.54. The van der Waals surface area contributed by atoms with E-state index in [-0.39, 0.29) is 0 Å². The van der Waals surface area contributed by atoms with Crippen LogP contribution in [0.2, 0.25) is 0 Å². The van der Waals surface area contributed by atoms with E-state index in [1.54, 1.807) is 0 Å². The van der Waals surface area contributed by atoms with Gasteiger partial charge in [0.15, 0.2) is 0 Å². The monoisotopic (exact) mass is 301 g/mol. The Kier molecular flexibility index (Phi) is 5.23. The molecule has 3 aromatic rings. The van der Waals surface area contributed by atoms with Crippen molar-refractivity contribution in [2.24, 2.45) is 0 Å². The minimum atomic E-state index is 0.962. The Hall–Kier alpha value is -2.38. The molecule has 1 nitrogen and oxygen atoms in total. The van der Waals surface area contributed by atoms with Gasteiger partial charge in [-0.2, -0.15) is 0 Å². The van der Waals surface area contributed by atoms with Crippen LogP contribution in [0.1, 0.15) is 22.3 Å². The van der Waals surface area contributed by atoms with Gasteiger partial charge in [0.05, 0.1) is 0 Å². The van der Waals surface area contributed by atoms with Crippen molar-refractivity contribution in [1.82, 2.24) is 4.90 Å². The van der Waals surface area contributed by atoms with Crippen molar-refractivity contribution in [1.29, 1.82) is 0 Å². The molecule has 0 aromatic heterocycles. The van der Waals surface area contributed by atoms with Crippen molar-refractivity contribution in [2.75, 3.05) is 0 Å². The molecule has 0 fully saturated rings. The SMILES string of the molecule is Cc1ccccc1CN(Cc1ccccc1)Cc1ccccc1. The number of hydrogen-bond acceptors (Lipinski definition) is 1. The molecule has 0 aliphatic heterocycles. The summed E-state index contributed by atoms with van der Waals surface area (Å²) in [6.07, 6.45) is 0. The number of hydrogen-bond donors (Lipinski definition) is 0. The van der Waals surface area contributed by atoms with Gasteiger partial charge in [0.25, 0.3) is 0 Å². The molecular formula is C22H23N. The van der Waals surface area contributed by atoms with Crippen molar-refractivity contribution >= 4 is 0 Å². The van der Waals surface area contributed by atoms with Gasteiger partial charge in [-0.15, -0.1) is 0 Å². The molecule has 23 heavy (non-hydrogen) atoms. The molecule has 0 spiro atoms. The van der Waals surface area contributed by atoms with Crippen LogP contribution in [0.15, 0.2) is 84.9 Å². The summed E-state index contributed by atoms with van der Waals surface area (Å²) in [5, 5.41) is 0. The molecule has 0 unspecified atom stereocenters. The topological polar surface area (TPSA) is 3.24 Å². The first-order chi connectivity index (χ1) is 11.3. The standard InChI is InChI=1S/C22H23N/c1-19-10-8-9-15-22(19)18-23(16-20-11-4-2-5-12-20)17-21-13-6-3-7-14-21/h2-15H,16-18H2,1H3. The van der Waals surface area contributed by atoms with Gasteiger partial charge in [0, 0.05) is 19.6 Å². The predicted octanol–water partition coefficient (Wildman–Crippen LogP) is 5.20. The van der Waals surface area contributed by atoms with Crippen LogP contribution in [0.3, 0.4) is 0 Å². The minimum Gasteiger partial charge on any atom is -0.291 e. The number of aryl methyl sites for hydroxylation is 1. The quantitative estimate of drug-likeness (QED) is 0.605. The number of nitrogens with zero attached hydrogens (tertiary/aromatic N) is 1. The van der Waals surface area contributed by atoms with Gasteiger partial charge >= 0.3 is 0 Å². The third-order valence-corrected chi connectivity index (χ3v) is 4.15. The molecule has 0 N–H and O–H groups in total. The first-order valence-corrected chi connectivity index (χ1v) is 8.16. The van der Waals surface area contributed by atoms with Gasteiger partial charge in [-0.05, 0) is 29.2 Å². The van der Waals surface area contributed by atoms with Gasteiger partial charge in [-0.3, -0.25) is 4.90 Å². The van der Waals surface area contributed by atoms with E-state index in [0.717, 1.165) is 19.6 Å². The molecule has 0 amide bonds. The molecule has 0 bridgehead atoms. The van der Waals surface area contributed by atoms with E-state index < -0.39 is 0 Å². The molecule has 0 radical (unpaired) electrons. The van der Waals surface area contributed by atoms with E-state index in [2.05, 4.69) is 96.8 Å². The normalized spacial score (nSPS) is 10.9. The third-order valence-electron chi connectivity index (χ3n) is 4.15. The van der Waals surface area contributed by atoms with Crippen molar-refractivity contribution in [2.45, 2.75) is 26.6 Å². The van der Waals surface area contributed by atoms with E-state index in [1.165, 1.54) is 22.3 Å². The van der Waals surface area contributed by atoms with Crippen LogP contribution in [-0.4, -0.2) is 4.90 Å². The zero-order valence-corrected chi connectivity index (χ0v) is 13.7. The maximum Gasteiger partial charge on any atom is 0.0243 e. The highest BCUT2D eigenvalue weighted by atomic mass is 15.1. The molecule has 0 aliphatic carbocycles. The predicted molar refractivity (Wildman–Crippen MR) is 97.0 cm³/mol. The molecule has 116 valence electrons. The second kappa shape index (κ2) is 7.75. The molecular weight excluding hydrogens is 278 g/mol. The average molecular weight is 301 g/mol. The first kappa shape index (κ1) is 15.5. The Labute approximate surface area is 139 Å². The summed E-state index contributed by atoms with van der Waals surface area (Å²) >= 11 is 0. The summed E-state index contributed by atoms with van der Waals surface area (Å²) in [7, 11) is 0. The summed E-state index contributed by atoms with van der Waals surface area (Å²) in [6, 6.07) is 30.1. The Morgan fingerprint density at radius 3 is 1.57 bits per heavy atom. The fraction of sp³-hybridized carbons (Fsp3) is 0.182. The molecule has 0 saturated carbocycles.